The highest BCUT2D eigenvalue weighted by atomic mass is 15.8. The molecule has 74 valence electrons. The van der Waals surface area contributed by atoms with Gasteiger partial charge < -0.3 is 5.73 Å². The molecule has 0 aromatic rings. The first-order valence-electron chi connectivity index (χ1n) is 4.60. The van der Waals surface area contributed by atoms with Gasteiger partial charge in [-0.05, 0) is 12.5 Å². The Morgan fingerprint density at radius 1 is 1.69 bits per heavy atom. The Balaban J connectivity index is 2.19. The minimum Gasteiger partial charge on any atom is -0.325 e. The number of nitrogens with one attached hydrogen (secondary N) is 2. The normalized spacial score (nSPS) is 15.5. The fourth-order valence-corrected chi connectivity index (χ4v) is 0.927. The Hall–Kier alpha value is -1.07. The van der Waals surface area contributed by atoms with Gasteiger partial charge in [-0.25, -0.2) is 16.1 Å². The molecule has 0 aliphatic carbocycles. The molecule has 1 aliphatic heterocycles. The van der Waals surface area contributed by atoms with Gasteiger partial charge in [-0.1, -0.05) is 13.3 Å². The van der Waals surface area contributed by atoms with E-state index in [9.17, 15) is 0 Å². The van der Waals surface area contributed by atoms with Gasteiger partial charge in [0.25, 0.3) is 0 Å². The average molecular weight is 183 g/mol. The van der Waals surface area contributed by atoms with Crippen LogP contribution in [-0.2, 0) is 0 Å². The van der Waals surface area contributed by atoms with E-state index in [0.29, 0.717) is 6.54 Å². The Labute approximate surface area is 78.6 Å². The Morgan fingerprint density at radius 2 is 2.54 bits per heavy atom. The van der Waals surface area contributed by atoms with Crippen LogP contribution in [0.2, 0.25) is 0 Å². The van der Waals surface area contributed by atoms with Crippen LogP contribution >= 0.6 is 0 Å². The molecule has 4 N–H and O–H groups in total. The molecule has 13 heavy (non-hydrogen) atoms. The van der Waals surface area contributed by atoms with Crippen LogP contribution in [0.3, 0.4) is 0 Å². The standard InChI is InChI=1S/C8H17N5/c1-2-3-5-10-13-6-4-8(7-9)11-12-13/h4,6,10,12H,2-3,5,7,9H2,1H3. The first-order valence-corrected chi connectivity index (χ1v) is 4.60. The zero-order valence-corrected chi connectivity index (χ0v) is 7.95. The number of rotatable bonds is 5. The second-order valence-electron chi connectivity index (χ2n) is 2.85. The molecule has 0 spiro atoms. The average Bonchev–Trinajstić information content (AvgIpc) is 2.19. The van der Waals surface area contributed by atoms with Crippen LogP contribution in [-0.4, -0.2) is 23.9 Å². The number of unbranched alkanes of at least 4 members (excludes halogenated alkanes) is 1. The van der Waals surface area contributed by atoms with Gasteiger partial charge in [0, 0.05) is 19.3 Å². The summed E-state index contributed by atoms with van der Waals surface area (Å²) >= 11 is 0. The van der Waals surface area contributed by atoms with E-state index in [0.717, 1.165) is 18.7 Å². The van der Waals surface area contributed by atoms with Crippen LogP contribution in [0.5, 0.6) is 0 Å². The van der Waals surface area contributed by atoms with Crippen molar-refractivity contribution >= 4 is 5.71 Å². The molecule has 0 saturated heterocycles. The molecule has 0 radical (unpaired) electrons. The van der Waals surface area contributed by atoms with E-state index < -0.39 is 0 Å². The molecule has 1 aliphatic rings. The van der Waals surface area contributed by atoms with Crippen molar-refractivity contribution in [2.24, 2.45) is 10.8 Å². The minimum absolute atomic E-state index is 0.465. The van der Waals surface area contributed by atoms with Gasteiger partial charge in [0.15, 0.2) is 0 Å². The van der Waals surface area contributed by atoms with Crippen molar-refractivity contribution in [3.63, 3.8) is 0 Å². The molecule has 5 nitrogen and oxygen atoms in total. The largest absolute Gasteiger partial charge is 0.325 e. The zero-order chi connectivity index (χ0) is 9.52. The summed E-state index contributed by atoms with van der Waals surface area (Å²) in [6.45, 7) is 3.57. The molecule has 1 heterocycles. The van der Waals surface area contributed by atoms with Crippen molar-refractivity contribution in [3.8, 4) is 0 Å². The zero-order valence-electron chi connectivity index (χ0n) is 7.95. The van der Waals surface area contributed by atoms with Gasteiger partial charge in [-0.2, -0.15) is 5.10 Å². The molecule has 0 bridgehead atoms. The summed E-state index contributed by atoms with van der Waals surface area (Å²) < 4.78 is 0. The molecule has 0 atom stereocenters. The van der Waals surface area contributed by atoms with E-state index in [1.165, 1.54) is 6.42 Å². The predicted molar refractivity (Wildman–Crippen MR) is 53.5 cm³/mol. The highest BCUT2D eigenvalue weighted by Crippen LogP contribution is 1.91. The summed E-state index contributed by atoms with van der Waals surface area (Å²) in [5, 5.41) is 5.76. The van der Waals surface area contributed by atoms with E-state index in [4.69, 9.17) is 5.73 Å². The van der Waals surface area contributed by atoms with Crippen LogP contribution in [0.15, 0.2) is 17.4 Å². The summed E-state index contributed by atoms with van der Waals surface area (Å²) in [6.07, 6.45) is 6.10. The molecule has 0 saturated carbocycles. The number of nitrogens with zero attached hydrogens (tertiary/aromatic N) is 2. The third kappa shape index (κ3) is 3.43. The lowest BCUT2D eigenvalue weighted by Gasteiger charge is -2.23. The smallest absolute Gasteiger partial charge is 0.0775 e. The number of hydrazine groups is 2. The predicted octanol–water partition coefficient (Wildman–Crippen LogP) is -0.0603. The summed E-state index contributed by atoms with van der Waals surface area (Å²) in [7, 11) is 0. The third-order valence-electron chi connectivity index (χ3n) is 1.74. The van der Waals surface area contributed by atoms with Crippen LogP contribution in [0, 0.1) is 0 Å². The number of hydrogen-bond acceptors (Lipinski definition) is 5. The molecular weight excluding hydrogens is 166 g/mol. The quantitative estimate of drug-likeness (QED) is 0.522. The van der Waals surface area contributed by atoms with E-state index in [-0.39, 0.29) is 0 Å². The SMILES string of the molecule is CCCCNN1C=CC(CN)=NN1. The highest BCUT2D eigenvalue weighted by Gasteiger charge is 2.01. The Bertz CT molecular complexity index is 199. The van der Waals surface area contributed by atoms with Crippen molar-refractivity contribution < 1.29 is 0 Å². The van der Waals surface area contributed by atoms with Crippen molar-refractivity contribution in [1.82, 2.24) is 16.1 Å². The fourth-order valence-electron chi connectivity index (χ4n) is 0.927. The lowest BCUT2D eigenvalue weighted by Crippen LogP contribution is -2.44. The molecule has 5 heteroatoms. The maximum Gasteiger partial charge on any atom is 0.0775 e. The van der Waals surface area contributed by atoms with Crippen molar-refractivity contribution in [2.45, 2.75) is 19.8 Å². The van der Waals surface area contributed by atoms with Crippen molar-refractivity contribution in [1.29, 1.82) is 0 Å². The van der Waals surface area contributed by atoms with Gasteiger partial charge in [0.1, 0.15) is 0 Å². The lowest BCUT2D eigenvalue weighted by molar-refractivity contribution is 0.186. The van der Waals surface area contributed by atoms with Gasteiger partial charge >= 0.3 is 0 Å². The van der Waals surface area contributed by atoms with Gasteiger partial charge in [0.05, 0.1) is 5.71 Å². The third-order valence-corrected chi connectivity index (χ3v) is 1.74. The topological polar surface area (TPSA) is 65.7 Å². The van der Waals surface area contributed by atoms with Crippen LogP contribution in [0.1, 0.15) is 19.8 Å². The maximum absolute atomic E-state index is 5.41. The van der Waals surface area contributed by atoms with Crippen LogP contribution in [0.25, 0.3) is 0 Å². The molecule has 0 aromatic heterocycles. The molecular formula is C8H17N5. The number of hydrazone groups is 1. The van der Waals surface area contributed by atoms with Gasteiger partial charge in [-0.3, -0.25) is 0 Å². The van der Waals surface area contributed by atoms with E-state index >= 15 is 0 Å². The van der Waals surface area contributed by atoms with Gasteiger partial charge in [0.2, 0.25) is 0 Å². The lowest BCUT2D eigenvalue weighted by atomic mass is 10.3. The molecule has 0 fully saturated rings. The first-order chi connectivity index (χ1) is 6.36. The Kier molecular flexibility index (Phi) is 4.28. The molecule has 0 amide bonds. The summed E-state index contributed by atoms with van der Waals surface area (Å²) in [4.78, 5) is 0. The summed E-state index contributed by atoms with van der Waals surface area (Å²) in [5.74, 6) is 0. The van der Waals surface area contributed by atoms with E-state index in [1.807, 2.05) is 12.3 Å². The van der Waals surface area contributed by atoms with E-state index in [2.05, 4.69) is 23.0 Å². The number of hydrogen-bond donors (Lipinski definition) is 3. The van der Waals surface area contributed by atoms with Crippen LogP contribution in [0.4, 0.5) is 0 Å². The van der Waals surface area contributed by atoms with Gasteiger partial charge in [-0.15, -0.1) is 0 Å². The molecule has 0 unspecified atom stereocenters. The van der Waals surface area contributed by atoms with Crippen LogP contribution < -0.4 is 16.7 Å². The summed E-state index contributed by atoms with van der Waals surface area (Å²) in [5.41, 5.74) is 12.2. The fraction of sp³-hybridized carbons (Fsp3) is 0.625. The second kappa shape index (κ2) is 5.55. The molecule has 0 aromatic carbocycles. The number of nitrogens with two attached hydrogens (primary N) is 1. The van der Waals surface area contributed by atoms with E-state index in [1.54, 1.807) is 5.12 Å². The second-order valence-corrected chi connectivity index (χ2v) is 2.85. The monoisotopic (exact) mass is 183 g/mol. The van der Waals surface area contributed by atoms with Crippen molar-refractivity contribution in [3.05, 3.63) is 12.3 Å². The highest BCUT2D eigenvalue weighted by molar-refractivity contribution is 5.96. The summed E-state index contributed by atoms with van der Waals surface area (Å²) in [6, 6.07) is 0. The Morgan fingerprint density at radius 3 is 3.08 bits per heavy atom. The minimum atomic E-state index is 0.465. The maximum atomic E-state index is 5.41. The molecule has 1 rings (SSSR count). The van der Waals surface area contributed by atoms with Crippen molar-refractivity contribution in [2.75, 3.05) is 13.1 Å². The first kappa shape index (κ1) is 10.0.